The average molecular weight is 499 g/mol. The van der Waals surface area contributed by atoms with Crippen molar-refractivity contribution in [2.75, 3.05) is 10.6 Å². The fourth-order valence-electron chi connectivity index (χ4n) is 4.51. The normalized spacial score (nSPS) is 15.6. The SMILES string of the molecule is CC(=O)Nc1cc(Oc2ccc3nc(N[C@H]4CCc5nc(C)c(C(F)(F)F)n5C4)n(C)c3c2)ccn1. The van der Waals surface area contributed by atoms with E-state index in [0.717, 1.165) is 5.52 Å². The van der Waals surface area contributed by atoms with Gasteiger partial charge in [-0.15, -0.1) is 0 Å². The highest BCUT2D eigenvalue weighted by molar-refractivity contribution is 5.87. The zero-order chi connectivity index (χ0) is 25.6. The van der Waals surface area contributed by atoms with Crippen molar-refractivity contribution in [3.63, 3.8) is 0 Å². The van der Waals surface area contributed by atoms with Crippen molar-refractivity contribution in [1.82, 2.24) is 24.1 Å². The predicted molar refractivity (Wildman–Crippen MR) is 127 cm³/mol. The van der Waals surface area contributed by atoms with Gasteiger partial charge in [0, 0.05) is 51.3 Å². The molecule has 0 aliphatic carbocycles. The number of carbonyl (C=O) groups excluding carboxylic acids is 1. The molecule has 0 saturated carbocycles. The number of rotatable bonds is 5. The molecule has 1 atom stereocenters. The van der Waals surface area contributed by atoms with Gasteiger partial charge in [-0.2, -0.15) is 13.2 Å². The first-order valence-corrected chi connectivity index (χ1v) is 11.4. The van der Waals surface area contributed by atoms with Crippen molar-refractivity contribution in [2.24, 2.45) is 7.05 Å². The maximum Gasteiger partial charge on any atom is 0.433 e. The van der Waals surface area contributed by atoms with Gasteiger partial charge in [0.05, 0.1) is 16.7 Å². The number of imidazole rings is 2. The zero-order valence-corrected chi connectivity index (χ0v) is 19.8. The summed E-state index contributed by atoms with van der Waals surface area (Å²) in [5.41, 5.74) is 0.824. The Hall–Kier alpha value is -4.09. The summed E-state index contributed by atoms with van der Waals surface area (Å²) in [4.78, 5) is 24.1. The van der Waals surface area contributed by atoms with Crippen LogP contribution in [0, 0.1) is 6.92 Å². The van der Waals surface area contributed by atoms with E-state index in [1.807, 2.05) is 23.7 Å². The minimum atomic E-state index is -4.46. The lowest BCUT2D eigenvalue weighted by Crippen LogP contribution is -2.34. The van der Waals surface area contributed by atoms with E-state index in [-0.39, 0.29) is 24.2 Å². The van der Waals surface area contributed by atoms with Crippen molar-refractivity contribution in [1.29, 1.82) is 0 Å². The van der Waals surface area contributed by atoms with E-state index in [1.54, 1.807) is 18.2 Å². The number of amides is 1. The number of aromatic nitrogens is 5. The van der Waals surface area contributed by atoms with Gasteiger partial charge in [-0.3, -0.25) is 4.79 Å². The molecule has 1 amide bonds. The van der Waals surface area contributed by atoms with Gasteiger partial charge in [-0.05, 0) is 31.5 Å². The molecule has 4 aromatic rings. The van der Waals surface area contributed by atoms with Crippen molar-refractivity contribution < 1.29 is 22.7 Å². The standard InChI is InChI=1S/C24H24F3N7O2/c1-13-22(24(25,26)27)34-12-15(4-7-21(34)29-13)31-23-32-18-6-5-16(10-19(18)33(23)3)36-17-8-9-28-20(11-17)30-14(2)35/h5-6,8-11,15H,4,7,12H2,1-3H3,(H,31,32)(H,28,30,35)/t15-/m0/s1. The molecule has 2 N–H and O–H groups in total. The van der Waals surface area contributed by atoms with Crippen molar-refractivity contribution >= 4 is 28.7 Å². The summed E-state index contributed by atoms with van der Waals surface area (Å²) < 4.78 is 49.8. The van der Waals surface area contributed by atoms with Crippen LogP contribution in [0.25, 0.3) is 11.0 Å². The molecular weight excluding hydrogens is 475 g/mol. The van der Waals surface area contributed by atoms with Gasteiger partial charge in [0.2, 0.25) is 11.9 Å². The zero-order valence-electron chi connectivity index (χ0n) is 19.8. The number of hydrogen-bond donors (Lipinski definition) is 2. The molecule has 188 valence electrons. The minimum Gasteiger partial charge on any atom is -0.457 e. The van der Waals surface area contributed by atoms with E-state index in [9.17, 15) is 18.0 Å². The van der Waals surface area contributed by atoms with Crippen molar-refractivity contribution in [2.45, 2.75) is 45.5 Å². The predicted octanol–water partition coefficient (Wildman–Crippen LogP) is 4.67. The van der Waals surface area contributed by atoms with E-state index in [4.69, 9.17) is 4.74 Å². The first-order chi connectivity index (χ1) is 17.1. The molecular formula is C24H24F3N7O2. The summed E-state index contributed by atoms with van der Waals surface area (Å²) in [6.45, 7) is 2.95. The number of ether oxygens (including phenoxy) is 1. The van der Waals surface area contributed by atoms with Crippen LogP contribution in [0.3, 0.4) is 0 Å². The number of carbonyl (C=O) groups is 1. The number of anilines is 2. The quantitative estimate of drug-likeness (QED) is 0.414. The molecule has 0 radical (unpaired) electrons. The number of halogens is 3. The fraction of sp³-hybridized carbons (Fsp3) is 0.333. The van der Waals surface area contributed by atoms with E-state index < -0.39 is 11.9 Å². The molecule has 1 aliphatic heterocycles. The number of hydrogen-bond acceptors (Lipinski definition) is 6. The number of nitrogens with one attached hydrogen (secondary N) is 2. The van der Waals surface area contributed by atoms with Gasteiger partial charge < -0.3 is 24.5 Å². The van der Waals surface area contributed by atoms with Crippen LogP contribution in [-0.4, -0.2) is 36.0 Å². The van der Waals surface area contributed by atoms with E-state index in [2.05, 4.69) is 25.6 Å². The highest BCUT2D eigenvalue weighted by Gasteiger charge is 2.40. The van der Waals surface area contributed by atoms with E-state index >= 15 is 0 Å². The summed E-state index contributed by atoms with van der Waals surface area (Å²) in [6.07, 6.45) is -1.83. The average Bonchev–Trinajstić information content (AvgIpc) is 3.29. The Morgan fingerprint density at radius 2 is 1.94 bits per heavy atom. The smallest absolute Gasteiger partial charge is 0.433 e. The molecule has 0 saturated heterocycles. The van der Waals surface area contributed by atoms with Crippen LogP contribution in [-0.2, 0) is 31.0 Å². The highest BCUT2D eigenvalue weighted by Crippen LogP contribution is 2.35. The monoisotopic (exact) mass is 499 g/mol. The molecule has 3 aromatic heterocycles. The van der Waals surface area contributed by atoms with Crippen molar-refractivity contribution in [3.05, 3.63) is 53.7 Å². The Bertz CT molecular complexity index is 1460. The van der Waals surface area contributed by atoms with Crippen LogP contribution in [0.2, 0.25) is 0 Å². The van der Waals surface area contributed by atoms with E-state index in [0.29, 0.717) is 47.4 Å². The molecule has 0 unspecified atom stereocenters. The Morgan fingerprint density at radius 1 is 1.17 bits per heavy atom. The van der Waals surface area contributed by atoms with Gasteiger partial charge in [-0.1, -0.05) is 0 Å². The maximum absolute atomic E-state index is 13.6. The summed E-state index contributed by atoms with van der Waals surface area (Å²) >= 11 is 0. The topological polar surface area (TPSA) is 98.9 Å². The summed E-state index contributed by atoms with van der Waals surface area (Å²) in [5.74, 6) is 2.22. The second-order valence-electron chi connectivity index (χ2n) is 8.76. The van der Waals surface area contributed by atoms with Crippen LogP contribution in [0.5, 0.6) is 11.5 Å². The summed E-state index contributed by atoms with van der Waals surface area (Å²) in [5, 5.41) is 5.92. The van der Waals surface area contributed by atoms with Gasteiger partial charge in [-0.25, -0.2) is 15.0 Å². The lowest BCUT2D eigenvalue weighted by atomic mass is 10.1. The number of nitrogens with zero attached hydrogens (tertiary/aromatic N) is 5. The minimum absolute atomic E-state index is 0.00630. The number of alkyl halides is 3. The Labute approximate surface area is 204 Å². The first-order valence-electron chi connectivity index (χ1n) is 11.4. The van der Waals surface area contributed by atoms with Gasteiger partial charge in [0.1, 0.15) is 28.8 Å². The lowest BCUT2D eigenvalue weighted by molar-refractivity contribution is -0.144. The largest absolute Gasteiger partial charge is 0.457 e. The molecule has 9 nitrogen and oxygen atoms in total. The first kappa shape index (κ1) is 23.6. The molecule has 36 heavy (non-hydrogen) atoms. The molecule has 1 aliphatic rings. The maximum atomic E-state index is 13.6. The van der Waals surface area contributed by atoms with Gasteiger partial charge in [0.25, 0.3) is 0 Å². The van der Waals surface area contributed by atoms with Crippen LogP contribution >= 0.6 is 0 Å². The Kier molecular flexibility index (Phi) is 5.81. The highest BCUT2D eigenvalue weighted by atomic mass is 19.4. The Balaban J connectivity index is 1.35. The summed E-state index contributed by atoms with van der Waals surface area (Å²) in [7, 11) is 1.83. The van der Waals surface area contributed by atoms with E-state index in [1.165, 1.54) is 24.6 Å². The van der Waals surface area contributed by atoms with Crippen LogP contribution in [0.15, 0.2) is 36.5 Å². The van der Waals surface area contributed by atoms with Crippen molar-refractivity contribution in [3.8, 4) is 11.5 Å². The third-order valence-corrected chi connectivity index (χ3v) is 6.07. The number of aryl methyl sites for hydroxylation is 3. The van der Waals surface area contributed by atoms with Crippen LogP contribution < -0.4 is 15.4 Å². The number of pyridine rings is 1. The second kappa shape index (κ2) is 8.85. The van der Waals surface area contributed by atoms with Crippen LogP contribution in [0.4, 0.5) is 24.9 Å². The van der Waals surface area contributed by atoms with Gasteiger partial charge >= 0.3 is 6.18 Å². The Morgan fingerprint density at radius 3 is 2.69 bits per heavy atom. The number of fused-ring (bicyclic) bond motifs is 2. The molecule has 0 bridgehead atoms. The molecule has 12 heteroatoms. The molecule has 4 heterocycles. The third-order valence-electron chi connectivity index (χ3n) is 6.07. The summed E-state index contributed by atoms with van der Waals surface area (Å²) in [6, 6.07) is 8.47. The third kappa shape index (κ3) is 4.58. The molecule has 0 fully saturated rings. The molecule has 1 aromatic carbocycles. The molecule has 0 spiro atoms. The molecule has 5 rings (SSSR count). The number of benzene rings is 1. The van der Waals surface area contributed by atoms with Crippen LogP contribution in [0.1, 0.15) is 30.6 Å². The fourth-order valence-corrected chi connectivity index (χ4v) is 4.51. The van der Waals surface area contributed by atoms with Gasteiger partial charge in [0.15, 0.2) is 0 Å². The lowest BCUT2D eigenvalue weighted by Gasteiger charge is -2.27. The second-order valence-corrected chi connectivity index (χ2v) is 8.76.